The van der Waals surface area contributed by atoms with Crippen LogP contribution in [0.1, 0.15) is 24.2 Å². The Kier molecular flexibility index (Phi) is 2.85. The van der Waals surface area contributed by atoms with Gasteiger partial charge in [-0.25, -0.2) is 0 Å². The summed E-state index contributed by atoms with van der Waals surface area (Å²) in [5.41, 5.74) is 2.57. The van der Waals surface area contributed by atoms with Crippen molar-refractivity contribution in [3.63, 3.8) is 0 Å². The molecule has 1 aliphatic heterocycles. The van der Waals surface area contributed by atoms with Crippen LogP contribution in [0.2, 0.25) is 0 Å². The van der Waals surface area contributed by atoms with E-state index in [4.69, 9.17) is 4.74 Å². The minimum atomic E-state index is 0.222. The smallest absolute Gasteiger partial charge is 0.0953 e. The van der Waals surface area contributed by atoms with Gasteiger partial charge in [0, 0.05) is 13.1 Å². The van der Waals surface area contributed by atoms with E-state index in [9.17, 15) is 0 Å². The van der Waals surface area contributed by atoms with Crippen LogP contribution in [0.3, 0.4) is 0 Å². The number of ether oxygens (including phenoxy) is 1. The third-order valence-corrected chi connectivity index (χ3v) is 2.61. The van der Waals surface area contributed by atoms with Crippen molar-refractivity contribution in [3.8, 4) is 0 Å². The Morgan fingerprint density at radius 2 is 1.93 bits per heavy atom. The number of benzene rings is 1. The molecule has 0 bridgehead atoms. The van der Waals surface area contributed by atoms with Gasteiger partial charge in [-0.3, -0.25) is 0 Å². The molecule has 1 aliphatic rings. The molecule has 0 aromatic heterocycles. The van der Waals surface area contributed by atoms with Crippen molar-refractivity contribution in [1.29, 1.82) is 0 Å². The van der Waals surface area contributed by atoms with Gasteiger partial charge < -0.3 is 10.1 Å². The zero-order valence-corrected chi connectivity index (χ0v) is 8.79. The van der Waals surface area contributed by atoms with E-state index in [1.165, 1.54) is 11.1 Å². The molecular weight excluding hydrogens is 174 g/mol. The molecule has 0 amide bonds. The molecule has 1 fully saturated rings. The summed E-state index contributed by atoms with van der Waals surface area (Å²) in [4.78, 5) is 0. The molecule has 0 unspecified atom stereocenters. The third kappa shape index (κ3) is 2.14. The summed E-state index contributed by atoms with van der Waals surface area (Å²) in [6.45, 7) is 6.09. The first kappa shape index (κ1) is 9.69. The van der Waals surface area contributed by atoms with Crippen molar-refractivity contribution >= 4 is 0 Å². The number of aryl methyl sites for hydroxylation is 1. The Morgan fingerprint density at radius 3 is 2.57 bits per heavy atom. The number of hydrogen-bond donors (Lipinski definition) is 1. The van der Waals surface area contributed by atoms with Gasteiger partial charge in [0.05, 0.1) is 12.2 Å². The molecule has 2 heteroatoms. The van der Waals surface area contributed by atoms with Crippen LogP contribution in [0.4, 0.5) is 0 Å². The monoisotopic (exact) mass is 191 g/mol. The minimum Gasteiger partial charge on any atom is -0.368 e. The summed E-state index contributed by atoms with van der Waals surface area (Å²) in [6, 6.07) is 8.58. The van der Waals surface area contributed by atoms with E-state index in [1.54, 1.807) is 0 Å². The van der Waals surface area contributed by atoms with Gasteiger partial charge >= 0.3 is 0 Å². The van der Waals surface area contributed by atoms with Crippen LogP contribution >= 0.6 is 0 Å². The molecule has 0 saturated carbocycles. The largest absolute Gasteiger partial charge is 0.368 e. The molecule has 1 heterocycles. The van der Waals surface area contributed by atoms with Crippen molar-refractivity contribution in [1.82, 2.24) is 5.32 Å². The van der Waals surface area contributed by atoms with Crippen molar-refractivity contribution in [3.05, 3.63) is 35.4 Å². The van der Waals surface area contributed by atoms with Gasteiger partial charge in [-0.1, -0.05) is 29.8 Å². The maximum Gasteiger partial charge on any atom is 0.0953 e. The Balaban J connectivity index is 2.10. The van der Waals surface area contributed by atoms with E-state index < -0.39 is 0 Å². The lowest BCUT2D eigenvalue weighted by molar-refractivity contribution is -0.0287. The topological polar surface area (TPSA) is 21.3 Å². The Hall–Kier alpha value is -0.860. The zero-order valence-electron chi connectivity index (χ0n) is 8.79. The fourth-order valence-corrected chi connectivity index (χ4v) is 1.77. The van der Waals surface area contributed by atoms with E-state index in [2.05, 4.69) is 43.4 Å². The van der Waals surface area contributed by atoms with Gasteiger partial charge in [0.2, 0.25) is 0 Å². The SMILES string of the molecule is Cc1ccc([C@@H]2CNC[C@H](C)O2)cc1. The lowest BCUT2D eigenvalue weighted by Crippen LogP contribution is -2.38. The molecule has 76 valence electrons. The van der Waals surface area contributed by atoms with E-state index in [1.807, 2.05) is 0 Å². The van der Waals surface area contributed by atoms with Crippen molar-refractivity contribution < 1.29 is 4.74 Å². The quantitative estimate of drug-likeness (QED) is 0.733. The van der Waals surface area contributed by atoms with E-state index >= 15 is 0 Å². The second-order valence-corrected chi connectivity index (χ2v) is 4.00. The number of morpholine rings is 1. The summed E-state index contributed by atoms with van der Waals surface area (Å²) in [5.74, 6) is 0. The highest BCUT2D eigenvalue weighted by Gasteiger charge is 2.19. The highest BCUT2D eigenvalue weighted by atomic mass is 16.5. The summed E-state index contributed by atoms with van der Waals surface area (Å²) in [7, 11) is 0. The molecule has 1 aromatic rings. The molecule has 2 nitrogen and oxygen atoms in total. The average Bonchev–Trinajstić information content (AvgIpc) is 2.19. The summed E-state index contributed by atoms with van der Waals surface area (Å²) in [6.07, 6.45) is 0.536. The maximum atomic E-state index is 5.85. The lowest BCUT2D eigenvalue weighted by atomic mass is 10.1. The van der Waals surface area contributed by atoms with Crippen LogP contribution in [0.15, 0.2) is 24.3 Å². The number of rotatable bonds is 1. The molecule has 1 N–H and O–H groups in total. The summed E-state index contributed by atoms with van der Waals surface area (Å²) >= 11 is 0. The molecule has 1 saturated heterocycles. The fourth-order valence-electron chi connectivity index (χ4n) is 1.77. The zero-order chi connectivity index (χ0) is 9.97. The first-order valence-electron chi connectivity index (χ1n) is 5.18. The predicted molar refractivity (Wildman–Crippen MR) is 57.3 cm³/mol. The summed E-state index contributed by atoms with van der Waals surface area (Å²) in [5, 5.41) is 3.37. The van der Waals surface area contributed by atoms with Gasteiger partial charge in [-0.05, 0) is 19.4 Å². The van der Waals surface area contributed by atoms with Crippen molar-refractivity contribution in [2.45, 2.75) is 26.1 Å². The van der Waals surface area contributed by atoms with Crippen LogP contribution < -0.4 is 5.32 Å². The molecule has 0 aliphatic carbocycles. The molecular formula is C12H17NO. The Morgan fingerprint density at radius 1 is 1.21 bits per heavy atom. The van der Waals surface area contributed by atoms with Crippen LogP contribution in [-0.2, 0) is 4.74 Å². The summed E-state index contributed by atoms with van der Waals surface area (Å²) < 4.78 is 5.85. The van der Waals surface area contributed by atoms with Gasteiger partial charge in [-0.15, -0.1) is 0 Å². The van der Waals surface area contributed by atoms with Crippen LogP contribution in [0.5, 0.6) is 0 Å². The van der Waals surface area contributed by atoms with Crippen molar-refractivity contribution in [2.75, 3.05) is 13.1 Å². The van der Waals surface area contributed by atoms with Crippen molar-refractivity contribution in [2.24, 2.45) is 0 Å². The highest BCUT2D eigenvalue weighted by molar-refractivity contribution is 5.23. The molecule has 1 aromatic carbocycles. The minimum absolute atomic E-state index is 0.222. The van der Waals surface area contributed by atoms with Gasteiger partial charge in [0.15, 0.2) is 0 Å². The lowest BCUT2D eigenvalue weighted by Gasteiger charge is -2.29. The molecule has 2 rings (SSSR count). The van der Waals surface area contributed by atoms with E-state index in [-0.39, 0.29) is 6.10 Å². The third-order valence-electron chi connectivity index (χ3n) is 2.61. The molecule has 0 spiro atoms. The van der Waals surface area contributed by atoms with E-state index in [0.717, 1.165) is 13.1 Å². The Labute approximate surface area is 85.3 Å². The maximum absolute atomic E-state index is 5.85. The Bertz CT molecular complexity index is 294. The van der Waals surface area contributed by atoms with Crippen LogP contribution in [0.25, 0.3) is 0 Å². The van der Waals surface area contributed by atoms with Gasteiger partial charge in [-0.2, -0.15) is 0 Å². The number of nitrogens with one attached hydrogen (secondary N) is 1. The number of hydrogen-bond acceptors (Lipinski definition) is 2. The average molecular weight is 191 g/mol. The van der Waals surface area contributed by atoms with Crippen LogP contribution in [0, 0.1) is 6.92 Å². The second-order valence-electron chi connectivity index (χ2n) is 4.00. The fraction of sp³-hybridized carbons (Fsp3) is 0.500. The highest BCUT2D eigenvalue weighted by Crippen LogP contribution is 2.21. The normalized spacial score (nSPS) is 27.6. The van der Waals surface area contributed by atoms with Crippen LogP contribution in [-0.4, -0.2) is 19.2 Å². The first-order chi connectivity index (χ1) is 6.75. The predicted octanol–water partition coefficient (Wildman–Crippen LogP) is 2.04. The first-order valence-corrected chi connectivity index (χ1v) is 5.18. The van der Waals surface area contributed by atoms with Gasteiger partial charge in [0.1, 0.15) is 0 Å². The molecule has 14 heavy (non-hydrogen) atoms. The van der Waals surface area contributed by atoms with E-state index in [0.29, 0.717) is 6.10 Å². The van der Waals surface area contributed by atoms with Gasteiger partial charge in [0.25, 0.3) is 0 Å². The second kappa shape index (κ2) is 4.11. The molecule has 0 radical (unpaired) electrons. The molecule has 2 atom stereocenters. The standard InChI is InChI=1S/C12H17NO/c1-9-3-5-11(6-4-9)12-8-13-7-10(2)14-12/h3-6,10,12-13H,7-8H2,1-2H3/t10-,12-/m0/s1.